The molecule has 1 amide bonds. The Hall–Kier alpha value is -2.06. The number of halogens is 1. The van der Waals surface area contributed by atoms with Gasteiger partial charge in [0.2, 0.25) is 5.91 Å². The number of carbonyl (C=O) groups excluding carboxylic acids is 1. The lowest BCUT2D eigenvalue weighted by atomic mass is 9.83. The van der Waals surface area contributed by atoms with Crippen molar-refractivity contribution in [3.8, 4) is 0 Å². The van der Waals surface area contributed by atoms with Crippen LogP contribution in [0.3, 0.4) is 0 Å². The topological polar surface area (TPSA) is 20.3 Å². The summed E-state index contributed by atoms with van der Waals surface area (Å²) >= 11 is 5.95. The number of hydrogen-bond donors (Lipinski definition) is 0. The van der Waals surface area contributed by atoms with Crippen molar-refractivity contribution in [2.75, 3.05) is 0 Å². The van der Waals surface area contributed by atoms with Gasteiger partial charge in [0.15, 0.2) is 0 Å². The van der Waals surface area contributed by atoms with Gasteiger partial charge in [-0.05, 0) is 40.8 Å². The zero-order valence-corrected chi connectivity index (χ0v) is 13.6. The molecule has 0 unspecified atom stereocenters. The summed E-state index contributed by atoms with van der Waals surface area (Å²) in [6, 6.07) is 14.2. The second-order valence-electron chi connectivity index (χ2n) is 6.31. The maximum Gasteiger partial charge on any atom is 0.224 e. The van der Waals surface area contributed by atoms with Crippen LogP contribution in [0.1, 0.15) is 34.6 Å². The van der Waals surface area contributed by atoms with E-state index in [0.29, 0.717) is 19.5 Å². The van der Waals surface area contributed by atoms with Gasteiger partial charge in [-0.15, -0.1) is 0 Å². The molecule has 23 heavy (non-hydrogen) atoms. The lowest BCUT2D eigenvalue weighted by Crippen LogP contribution is -2.28. The molecule has 2 aromatic rings. The molecule has 0 radical (unpaired) electrons. The lowest BCUT2D eigenvalue weighted by Gasteiger charge is -2.21. The van der Waals surface area contributed by atoms with E-state index in [1.54, 1.807) is 0 Å². The van der Waals surface area contributed by atoms with E-state index in [0.717, 1.165) is 17.0 Å². The maximum atomic E-state index is 12.7. The molecule has 0 spiro atoms. The van der Waals surface area contributed by atoms with Crippen LogP contribution in [-0.4, -0.2) is 10.8 Å². The number of hydrogen-bond acceptors (Lipinski definition) is 1. The largest absolute Gasteiger partial charge is 0.334 e. The Morgan fingerprint density at radius 3 is 2.70 bits per heavy atom. The average Bonchev–Trinajstić information content (AvgIpc) is 2.69. The lowest BCUT2D eigenvalue weighted by molar-refractivity contribution is -0.132. The van der Waals surface area contributed by atoms with Crippen molar-refractivity contribution in [3.05, 3.63) is 81.9 Å². The second-order valence-corrected chi connectivity index (χ2v) is 6.75. The summed E-state index contributed by atoms with van der Waals surface area (Å²) in [6.07, 6.45) is 5.94. The van der Waals surface area contributed by atoms with E-state index in [2.05, 4.69) is 30.4 Å². The first kappa shape index (κ1) is 14.5. The van der Waals surface area contributed by atoms with Crippen LogP contribution in [0.15, 0.2) is 54.6 Å². The van der Waals surface area contributed by atoms with E-state index < -0.39 is 0 Å². The van der Waals surface area contributed by atoms with E-state index in [4.69, 9.17) is 11.6 Å². The van der Waals surface area contributed by atoms with Gasteiger partial charge in [-0.3, -0.25) is 4.79 Å². The van der Waals surface area contributed by atoms with E-state index in [1.165, 1.54) is 16.7 Å². The molecule has 4 rings (SSSR count). The summed E-state index contributed by atoms with van der Waals surface area (Å²) < 4.78 is 0. The number of carbonyl (C=O) groups is 1. The van der Waals surface area contributed by atoms with Gasteiger partial charge >= 0.3 is 0 Å². The Bertz CT molecular complexity index is 779. The molecule has 2 aromatic carbocycles. The molecule has 0 bridgehead atoms. The fourth-order valence-electron chi connectivity index (χ4n) is 3.65. The zero-order valence-electron chi connectivity index (χ0n) is 12.8. The molecular weight excluding hydrogens is 306 g/mol. The van der Waals surface area contributed by atoms with Gasteiger partial charge in [0.1, 0.15) is 0 Å². The molecule has 0 aromatic heterocycles. The van der Waals surface area contributed by atoms with Gasteiger partial charge in [0.25, 0.3) is 0 Å². The van der Waals surface area contributed by atoms with Crippen LogP contribution in [0.2, 0.25) is 5.02 Å². The standard InChI is InChI=1S/C20H18ClNO/c21-18-9-7-14(8-10-18)12-22-13-17-6-2-4-15-3-1-5-16(20(15)17)11-19(22)23/h1-2,4-10,16H,3,11-13H2/t16-/m1/s1. The molecule has 116 valence electrons. The highest BCUT2D eigenvalue weighted by molar-refractivity contribution is 6.30. The number of benzene rings is 2. The average molecular weight is 324 g/mol. The van der Waals surface area contributed by atoms with E-state index in [1.807, 2.05) is 29.2 Å². The number of rotatable bonds is 2. The zero-order chi connectivity index (χ0) is 15.8. The molecule has 1 heterocycles. The molecule has 1 atom stereocenters. The smallest absolute Gasteiger partial charge is 0.224 e. The molecule has 3 heteroatoms. The van der Waals surface area contributed by atoms with Crippen LogP contribution < -0.4 is 0 Å². The van der Waals surface area contributed by atoms with E-state index in [-0.39, 0.29) is 11.8 Å². The predicted molar refractivity (Wildman–Crippen MR) is 92.4 cm³/mol. The van der Waals surface area contributed by atoms with Gasteiger partial charge in [0, 0.05) is 30.5 Å². The highest BCUT2D eigenvalue weighted by Crippen LogP contribution is 2.36. The summed E-state index contributed by atoms with van der Waals surface area (Å²) in [4.78, 5) is 14.7. The Morgan fingerprint density at radius 1 is 1.09 bits per heavy atom. The molecule has 2 nitrogen and oxygen atoms in total. The molecule has 1 aliphatic heterocycles. The normalized spacial score (nSPS) is 19.4. The van der Waals surface area contributed by atoms with Crippen LogP contribution in [0, 0.1) is 0 Å². The van der Waals surface area contributed by atoms with Gasteiger partial charge in [-0.2, -0.15) is 0 Å². The molecule has 1 aliphatic carbocycles. The third-order valence-corrected chi connectivity index (χ3v) is 5.01. The van der Waals surface area contributed by atoms with Gasteiger partial charge in [0.05, 0.1) is 0 Å². The summed E-state index contributed by atoms with van der Waals surface area (Å²) in [5.74, 6) is 0.455. The van der Waals surface area contributed by atoms with E-state index in [9.17, 15) is 4.79 Å². The maximum absolute atomic E-state index is 12.7. The monoisotopic (exact) mass is 323 g/mol. The molecule has 0 fully saturated rings. The van der Waals surface area contributed by atoms with Gasteiger partial charge in [-0.1, -0.05) is 54.1 Å². The van der Waals surface area contributed by atoms with Crippen molar-refractivity contribution in [1.82, 2.24) is 4.90 Å². The molecule has 0 saturated carbocycles. The number of nitrogens with zero attached hydrogens (tertiary/aromatic N) is 1. The van der Waals surface area contributed by atoms with Crippen molar-refractivity contribution in [2.24, 2.45) is 0 Å². The summed E-state index contributed by atoms with van der Waals surface area (Å²) in [5, 5.41) is 0.724. The van der Waals surface area contributed by atoms with Crippen LogP contribution in [0.25, 0.3) is 0 Å². The van der Waals surface area contributed by atoms with E-state index >= 15 is 0 Å². The van der Waals surface area contributed by atoms with Gasteiger partial charge < -0.3 is 4.90 Å². The van der Waals surface area contributed by atoms with Crippen LogP contribution in [0.4, 0.5) is 0 Å². The first-order valence-electron chi connectivity index (χ1n) is 8.00. The Balaban J connectivity index is 1.66. The van der Waals surface area contributed by atoms with Crippen LogP contribution in [0.5, 0.6) is 0 Å². The predicted octanol–water partition coefficient (Wildman–Crippen LogP) is 4.47. The SMILES string of the molecule is O=C1C[C@H]2C=CCc3cccc(c32)CN1Cc1ccc(Cl)cc1. The summed E-state index contributed by atoms with van der Waals surface area (Å²) in [5.41, 5.74) is 5.15. The molecule has 0 saturated heterocycles. The first-order chi connectivity index (χ1) is 11.2. The quantitative estimate of drug-likeness (QED) is 0.747. The third-order valence-electron chi connectivity index (χ3n) is 4.76. The molecule has 2 aliphatic rings. The molecular formula is C20H18ClNO. The minimum atomic E-state index is 0.221. The van der Waals surface area contributed by atoms with Crippen LogP contribution in [-0.2, 0) is 24.3 Å². The second kappa shape index (κ2) is 5.86. The number of allylic oxidation sites excluding steroid dienone is 2. The number of amides is 1. The third kappa shape index (κ3) is 2.79. The van der Waals surface area contributed by atoms with Crippen molar-refractivity contribution < 1.29 is 4.79 Å². The minimum absolute atomic E-state index is 0.221. The first-order valence-corrected chi connectivity index (χ1v) is 8.38. The Morgan fingerprint density at radius 2 is 1.87 bits per heavy atom. The minimum Gasteiger partial charge on any atom is -0.334 e. The van der Waals surface area contributed by atoms with Crippen molar-refractivity contribution in [1.29, 1.82) is 0 Å². The van der Waals surface area contributed by atoms with Crippen molar-refractivity contribution in [3.63, 3.8) is 0 Å². The highest BCUT2D eigenvalue weighted by Gasteiger charge is 2.29. The summed E-state index contributed by atoms with van der Waals surface area (Å²) in [6.45, 7) is 1.32. The molecule has 0 N–H and O–H groups in total. The van der Waals surface area contributed by atoms with Crippen molar-refractivity contribution in [2.45, 2.75) is 31.8 Å². The Kier molecular flexibility index (Phi) is 3.70. The fraction of sp³-hybridized carbons (Fsp3) is 0.250. The highest BCUT2D eigenvalue weighted by atomic mass is 35.5. The van der Waals surface area contributed by atoms with Crippen LogP contribution >= 0.6 is 11.6 Å². The fourth-order valence-corrected chi connectivity index (χ4v) is 3.78. The van der Waals surface area contributed by atoms with Crippen molar-refractivity contribution >= 4 is 17.5 Å². The Labute approximate surface area is 141 Å². The van der Waals surface area contributed by atoms with Gasteiger partial charge in [-0.25, -0.2) is 0 Å². The summed E-state index contributed by atoms with van der Waals surface area (Å²) in [7, 11) is 0.